The molecule has 0 atom stereocenters. The Labute approximate surface area is 105 Å². The summed E-state index contributed by atoms with van der Waals surface area (Å²) in [6.45, 7) is 1.13. The summed E-state index contributed by atoms with van der Waals surface area (Å²) >= 11 is 0. The average molecular weight is 246 g/mol. The van der Waals surface area contributed by atoms with E-state index in [0.717, 1.165) is 17.2 Å². The summed E-state index contributed by atoms with van der Waals surface area (Å²) in [6, 6.07) is 8.16. The third-order valence-electron chi connectivity index (χ3n) is 2.46. The van der Waals surface area contributed by atoms with E-state index in [9.17, 15) is 4.39 Å². The lowest BCUT2D eigenvalue weighted by atomic mass is 10.2. The molecule has 1 aromatic heterocycles. The number of rotatable bonds is 5. The maximum atomic E-state index is 12.7. The Balaban J connectivity index is 1.97. The SMILES string of the molecule is NCCc1nccc(NCc2ccc(F)cc2)n1. The van der Waals surface area contributed by atoms with Crippen molar-refractivity contribution in [2.24, 2.45) is 5.73 Å². The van der Waals surface area contributed by atoms with Crippen LogP contribution in [0.1, 0.15) is 11.4 Å². The van der Waals surface area contributed by atoms with Crippen molar-refractivity contribution >= 4 is 5.82 Å². The minimum atomic E-state index is -0.231. The van der Waals surface area contributed by atoms with Crippen molar-refractivity contribution in [2.45, 2.75) is 13.0 Å². The van der Waals surface area contributed by atoms with Crippen LogP contribution in [0.3, 0.4) is 0 Å². The molecule has 0 fully saturated rings. The largest absolute Gasteiger partial charge is 0.366 e. The van der Waals surface area contributed by atoms with E-state index in [2.05, 4.69) is 15.3 Å². The number of halogens is 1. The fourth-order valence-corrected chi connectivity index (χ4v) is 1.54. The molecule has 0 spiro atoms. The maximum absolute atomic E-state index is 12.7. The topological polar surface area (TPSA) is 63.8 Å². The third kappa shape index (κ3) is 3.49. The summed E-state index contributed by atoms with van der Waals surface area (Å²) in [5, 5.41) is 3.16. The van der Waals surface area contributed by atoms with Crippen LogP contribution in [0.5, 0.6) is 0 Å². The van der Waals surface area contributed by atoms with Gasteiger partial charge in [-0.25, -0.2) is 14.4 Å². The van der Waals surface area contributed by atoms with E-state index in [4.69, 9.17) is 5.73 Å². The Kier molecular flexibility index (Phi) is 4.20. The van der Waals surface area contributed by atoms with Crippen LogP contribution in [0.25, 0.3) is 0 Å². The molecule has 0 aliphatic heterocycles. The van der Waals surface area contributed by atoms with Gasteiger partial charge in [-0.3, -0.25) is 0 Å². The molecule has 1 heterocycles. The second kappa shape index (κ2) is 6.07. The van der Waals surface area contributed by atoms with E-state index in [1.54, 1.807) is 24.4 Å². The van der Waals surface area contributed by atoms with Crippen LogP contribution in [0.2, 0.25) is 0 Å². The predicted octanol–water partition coefficient (Wildman–Crippen LogP) is 1.73. The Hall–Kier alpha value is -2.01. The molecule has 94 valence electrons. The monoisotopic (exact) mass is 246 g/mol. The molecule has 1 aromatic carbocycles. The zero-order chi connectivity index (χ0) is 12.8. The normalized spacial score (nSPS) is 10.3. The van der Waals surface area contributed by atoms with Crippen molar-refractivity contribution in [1.29, 1.82) is 0 Å². The van der Waals surface area contributed by atoms with Crippen LogP contribution in [0.4, 0.5) is 10.2 Å². The van der Waals surface area contributed by atoms with Gasteiger partial charge in [-0.1, -0.05) is 12.1 Å². The molecule has 0 aliphatic carbocycles. The van der Waals surface area contributed by atoms with Crippen molar-refractivity contribution in [1.82, 2.24) is 9.97 Å². The number of aromatic nitrogens is 2. The second-order valence-corrected chi connectivity index (χ2v) is 3.88. The minimum Gasteiger partial charge on any atom is -0.366 e. The number of nitrogens with two attached hydrogens (primary N) is 1. The molecule has 0 aliphatic rings. The number of hydrogen-bond donors (Lipinski definition) is 2. The second-order valence-electron chi connectivity index (χ2n) is 3.88. The molecular formula is C13H15FN4. The Morgan fingerprint density at radius 1 is 1.17 bits per heavy atom. The fraction of sp³-hybridized carbons (Fsp3) is 0.231. The highest BCUT2D eigenvalue weighted by atomic mass is 19.1. The van der Waals surface area contributed by atoms with Gasteiger partial charge in [0.2, 0.25) is 0 Å². The molecule has 2 aromatic rings. The van der Waals surface area contributed by atoms with Gasteiger partial charge < -0.3 is 11.1 Å². The zero-order valence-corrected chi connectivity index (χ0v) is 9.94. The van der Waals surface area contributed by atoms with Crippen molar-refractivity contribution in [2.75, 3.05) is 11.9 Å². The number of nitrogens with one attached hydrogen (secondary N) is 1. The highest BCUT2D eigenvalue weighted by Crippen LogP contribution is 2.07. The van der Waals surface area contributed by atoms with Crippen molar-refractivity contribution in [3.8, 4) is 0 Å². The van der Waals surface area contributed by atoms with Crippen LogP contribution in [-0.4, -0.2) is 16.5 Å². The highest BCUT2D eigenvalue weighted by Gasteiger charge is 1.99. The van der Waals surface area contributed by atoms with Gasteiger partial charge in [0.15, 0.2) is 0 Å². The molecule has 2 rings (SSSR count). The Bertz CT molecular complexity index is 499. The minimum absolute atomic E-state index is 0.231. The molecule has 0 bridgehead atoms. The van der Waals surface area contributed by atoms with Gasteiger partial charge in [0, 0.05) is 19.2 Å². The van der Waals surface area contributed by atoms with Gasteiger partial charge in [-0.05, 0) is 30.3 Å². The fourth-order valence-electron chi connectivity index (χ4n) is 1.54. The summed E-state index contributed by atoms with van der Waals surface area (Å²) in [7, 11) is 0. The molecule has 0 radical (unpaired) electrons. The molecule has 4 nitrogen and oxygen atoms in total. The molecule has 0 saturated carbocycles. The van der Waals surface area contributed by atoms with Crippen LogP contribution >= 0.6 is 0 Å². The Morgan fingerprint density at radius 2 is 1.94 bits per heavy atom. The predicted molar refractivity (Wildman–Crippen MR) is 68.5 cm³/mol. The summed E-state index contributed by atoms with van der Waals surface area (Å²) < 4.78 is 12.7. The van der Waals surface area contributed by atoms with Crippen LogP contribution in [-0.2, 0) is 13.0 Å². The van der Waals surface area contributed by atoms with Crippen LogP contribution < -0.4 is 11.1 Å². The maximum Gasteiger partial charge on any atom is 0.131 e. The lowest BCUT2D eigenvalue weighted by molar-refractivity contribution is 0.627. The van der Waals surface area contributed by atoms with E-state index < -0.39 is 0 Å². The molecule has 5 heteroatoms. The lowest BCUT2D eigenvalue weighted by Gasteiger charge is -2.06. The third-order valence-corrected chi connectivity index (χ3v) is 2.46. The molecule has 0 unspecified atom stereocenters. The van der Waals surface area contributed by atoms with Gasteiger partial charge in [-0.15, -0.1) is 0 Å². The lowest BCUT2D eigenvalue weighted by Crippen LogP contribution is -2.08. The number of nitrogens with zero attached hydrogens (tertiary/aromatic N) is 2. The highest BCUT2D eigenvalue weighted by molar-refractivity contribution is 5.34. The van der Waals surface area contributed by atoms with Crippen molar-refractivity contribution in [3.63, 3.8) is 0 Å². The quantitative estimate of drug-likeness (QED) is 0.843. The molecule has 3 N–H and O–H groups in total. The first kappa shape index (κ1) is 12.4. The standard InChI is InChI=1S/C13H15FN4/c14-11-3-1-10(2-4-11)9-17-13-6-8-16-12(18-13)5-7-15/h1-4,6,8H,5,7,9,15H2,(H,16,17,18). The van der Waals surface area contributed by atoms with Crippen LogP contribution in [0.15, 0.2) is 36.5 Å². The first-order chi connectivity index (χ1) is 8.78. The van der Waals surface area contributed by atoms with E-state index >= 15 is 0 Å². The molecule has 18 heavy (non-hydrogen) atoms. The van der Waals surface area contributed by atoms with E-state index in [-0.39, 0.29) is 5.82 Å². The van der Waals surface area contributed by atoms with Gasteiger partial charge in [0.05, 0.1) is 0 Å². The summed E-state index contributed by atoms with van der Waals surface area (Å²) in [6.07, 6.45) is 2.36. The first-order valence-electron chi connectivity index (χ1n) is 5.78. The smallest absolute Gasteiger partial charge is 0.131 e. The first-order valence-corrected chi connectivity index (χ1v) is 5.78. The Morgan fingerprint density at radius 3 is 2.67 bits per heavy atom. The number of anilines is 1. The average Bonchev–Trinajstić information content (AvgIpc) is 2.39. The van der Waals surface area contributed by atoms with E-state index in [0.29, 0.717) is 19.5 Å². The number of benzene rings is 1. The zero-order valence-electron chi connectivity index (χ0n) is 9.94. The molecule has 0 saturated heterocycles. The molecule has 0 amide bonds. The van der Waals surface area contributed by atoms with E-state index in [1.165, 1.54) is 12.1 Å². The van der Waals surface area contributed by atoms with Gasteiger partial charge in [0.25, 0.3) is 0 Å². The van der Waals surface area contributed by atoms with Crippen LogP contribution in [0, 0.1) is 5.82 Å². The van der Waals surface area contributed by atoms with Crippen molar-refractivity contribution in [3.05, 3.63) is 53.7 Å². The van der Waals surface area contributed by atoms with E-state index in [1.807, 2.05) is 0 Å². The van der Waals surface area contributed by atoms with Gasteiger partial charge >= 0.3 is 0 Å². The van der Waals surface area contributed by atoms with Crippen molar-refractivity contribution < 1.29 is 4.39 Å². The summed E-state index contributed by atoms with van der Waals surface area (Å²) in [5.74, 6) is 1.24. The molecular weight excluding hydrogens is 231 g/mol. The summed E-state index contributed by atoms with van der Waals surface area (Å²) in [5.41, 5.74) is 6.45. The van der Waals surface area contributed by atoms with Gasteiger partial charge in [0.1, 0.15) is 17.5 Å². The number of hydrogen-bond acceptors (Lipinski definition) is 4. The summed E-state index contributed by atoms with van der Waals surface area (Å²) in [4.78, 5) is 8.43. The van der Waals surface area contributed by atoms with Gasteiger partial charge in [-0.2, -0.15) is 0 Å².